The SMILES string of the molecule is Cc1ccc(F)c(N(c2cc(-c3ccc(F)cc3)cc(-c3ccc(F)cc3)c2)c2ccc3ccc4c(N(c5cc(-c6ccc(F)cc6)cc(-c6ccc(F)cc6)c5)c5cc(C)ccc5F)ccc5ccc2c3c54)c1. The van der Waals surface area contributed by atoms with E-state index in [4.69, 9.17) is 0 Å². The second-order valence-electron chi connectivity index (χ2n) is 18.7. The van der Waals surface area contributed by atoms with Crippen molar-refractivity contribution in [3.8, 4) is 44.5 Å². The van der Waals surface area contributed by atoms with Gasteiger partial charge in [0.2, 0.25) is 0 Å². The van der Waals surface area contributed by atoms with Gasteiger partial charge in [-0.05, 0) is 212 Å². The monoisotopic (exact) mass is 976 g/mol. The van der Waals surface area contributed by atoms with Crippen LogP contribution in [0.4, 0.5) is 60.5 Å². The normalized spacial score (nSPS) is 11.5. The Morgan fingerprint density at radius 1 is 0.257 bits per heavy atom. The summed E-state index contributed by atoms with van der Waals surface area (Å²) >= 11 is 0. The summed E-state index contributed by atoms with van der Waals surface area (Å²) in [4.78, 5) is 3.81. The predicted octanol–water partition coefficient (Wildman–Crippen LogP) is 19.6. The average Bonchev–Trinajstić information content (AvgIpc) is 3.42. The van der Waals surface area contributed by atoms with Crippen molar-refractivity contribution in [3.05, 3.63) is 264 Å². The smallest absolute Gasteiger partial charge is 0.147 e. The molecule has 0 amide bonds. The topological polar surface area (TPSA) is 6.48 Å². The molecule has 12 rings (SSSR count). The first kappa shape index (κ1) is 46.0. The minimum absolute atomic E-state index is 0.293. The van der Waals surface area contributed by atoms with E-state index < -0.39 is 11.6 Å². The van der Waals surface area contributed by atoms with Crippen LogP contribution in [0.15, 0.2) is 218 Å². The van der Waals surface area contributed by atoms with Gasteiger partial charge in [0.25, 0.3) is 0 Å². The van der Waals surface area contributed by atoms with Gasteiger partial charge < -0.3 is 9.80 Å². The summed E-state index contributed by atoms with van der Waals surface area (Å²) in [7, 11) is 0. The summed E-state index contributed by atoms with van der Waals surface area (Å²) in [5, 5.41) is 5.23. The first-order valence-electron chi connectivity index (χ1n) is 24.1. The third kappa shape index (κ3) is 8.44. The van der Waals surface area contributed by atoms with Crippen LogP contribution >= 0.6 is 0 Å². The summed E-state index contributed by atoms with van der Waals surface area (Å²) < 4.78 is 91.0. The third-order valence-electron chi connectivity index (χ3n) is 13.8. The fraction of sp³-hybridized carbons (Fsp3) is 0.0303. The number of aryl methyl sites for hydroxylation is 2. The van der Waals surface area contributed by atoms with Crippen molar-refractivity contribution in [1.82, 2.24) is 0 Å². The molecule has 74 heavy (non-hydrogen) atoms. The maximum absolute atomic E-state index is 16.8. The zero-order chi connectivity index (χ0) is 50.8. The molecule has 0 aliphatic carbocycles. The summed E-state index contributed by atoms with van der Waals surface area (Å²) in [6, 6.07) is 62.6. The van der Waals surface area contributed by atoms with Crippen molar-refractivity contribution < 1.29 is 26.3 Å². The van der Waals surface area contributed by atoms with Gasteiger partial charge in [-0.15, -0.1) is 0 Å². The Bertz CT molecular complexity index is 3700. The Balaban J connectivity index is 1.12. The highest BCUT2D eigenvalue weighted by Crippen LogP contribution is 2.50. The number of benzene rings is 12. The van der Waals surface area contributed by atoms with E-state index in [-0.39, 0.29) is 23.3 Å². The lowest BCUT2D eigenvalue weighted by atomic mass is 9.91. The van der Waals surface area contributed by atoms with Crippen molar-refractivity contribution in [3.63, 3.8) is 0 Å². The zero-order valence-corrected chi connectivity index (χ0v) is 39.9. The van der Waals surface area contributed by atoms with Crippen LogP contribution in [0.25, 0.3) is 76.8 Å². The molecule has 358 valence electrons. The largest absolute Gasteiger partial charge is 0.307 e. The van der Waals surface area contributed by atoms with Crippen LogP contribution in [-0.4, -0.2) is 0 Å². The van der Waals surface area contributed by atoms with Crippen LogP contribution < -0.4 is 9.80 Å². The second kappa shape index (κ2) is 18.5. The maximum Gasteiger partial charge on any atom is 0.147 e. The molecule has 0 unspecified atom stereocenters. The molecule has 12 aromatic rings. The van der Waals surface area contributed by atoms with Crippen LogP contribution in [0.5, 0.6) is 0 Å². The fourth-order valence-electron chi connectivity index (χ4n) is 10.3. The molecule has 12 aromatic carbocycles. The van der Waals surface area contributed by atoms with Crippen LogP contribution in [0.2, 0.25) is 0 Å². The first-order chi connectivity index (χ1) is 35.9. The molecule has 0 N–H and O–H groups in total. The molecule has 0 fully saturated rings. The lowest BCUT2D eigenvalue weighted by Gasteiger charge is -2.30. The summed E-state index contributed by atoms with van der Waals surface area (Å²) in [6.45, 7) is 3.82. The van der Waals surface area contributed by atoms with Crippen molar-refractivity contribution >= 4 is 66.4 Å². The molecule has 0 bridgehead atoms. The molecule has 0 saturated carbocycles. The molecular formula is C66H42F6N2. The van der Waals surface area contributed by atoms with Crippen molar-refractivity contribution in [1.29, 1.82) is 0 Å². The molecular weight excluding hydrogens is 935 g/mol. The van der Waals surface area contributed by atoms with Gasteiger partial charge in [-0.3, -0.25) is 0 Å². The number of hydrogen-bond acceptors (Lipinski definition) is 2. The number of hydrogen-bond donors (Lipinski definition) is 0. The lowest BCUT2D eigenvalue weighted by molar-refractivity contribution is 0.627. The Hall–Kier alpha value is -9.14. The van der Waals surface area contributed by atoms with E-state index >= 15 is 8.78 Å². The molecule has 0 aliphatic rings. The minimum atomic E-state index is -0.460. The van der Waals surface area contributed by atoms with E-state index in [0.29, 0.717) is 34.1 Å². The third-order valence-corrected chi connectivity index (χ3v) is 13.8. The first-order valence-corrected chi connectivity index (χ1v) is 24.1. The van der Waals surface area contributed by atoms with E-state index in [9.17, 15) is 17.6 Å². The van der Waals surface area contributed by atoms with E-state index in [1.165, 1.54) is 60.7 Å². The van der Waals surface area contributed by atoms with Gasteiger partial charge in [-0.25, -0.2) is 26.3 Å². The highest BCUT2D eigenvalue weighted by atomic mass is 19.1. The van der Waals surface area contributed by atoms with Crippen LogP contribution in [0.1, 0.15) is 11.1 Å². The molecule has 0 spiro atoms. The molecule has 2 nitrogen and oxygen atoms in total. The zero-order valence-electron chi connectivity index (χ0n) is 39.9. The molecule has 0 aliphatic heterocycles. The lowest BCUT2D eigenvalue weighted by Crippen LogP contribution is -2.14. The standard InChI is InChI=1S/C66H42F6N2/c1-39-3-27-59(71)63(31-39)73(55-35-47(41-5-17-51(67)18-6-41)33-48(36-55)42-7-19-52(68)20-8-42)61-29-15-45-14-26-58-62(30-16-46-13-25-57(61)65(45)66(46)58)74(64-32-40(2)4-28-60(64)72)56-37-49(43-9-21-53(69)22-10-43)34-50(38-56)44-11-23-54(70)24-12-44/h3-38H,1-2H3. The van der Waals surface area contributed by atoms with Crippen molar-refractivity contribution in [2.24, 2.45) is 0 Å². The number of rotatable bonds is 10. The Morgan fingerprint density at radius 2 is 0.554 bits per heavy atom. The van der Waals surface area contributed by atoms with E-state index in [0.717, 1.165) is 88.0 Å². The highest BCUT2D eigenvalue weighted by Gasteiger charge is 2.26. The Labute approximate surface area is 423 Å². The fourth-order valence-corrected chi connectivity index (χ4v) is 10.3. The van der Waals surface area contributed by atoms with Gasteiger partial charge in [0.1, 0.15) is 34.9 Å². The van der Waals surface area contributed by atoms with Crippen LogP contribution in [-0.2, 0) is 0 Å². The molecule has 8 heteroatoms. The van der Waals surface area contributed by atoms with Gasteiger partial charge in [0.15, 0.2) is 0 Å². The molecule has 0 aromatic heterocycles. The van der Waals surface area contributed by atoms with Gasteiger partial charge >= 0.3 is 0 Å². The summed E-state index contributed by atoms with van der Waals surface area (Å²) in [5.74, 6) is -2.46. The maximum atomic E-state index is 16.8. The highest BCUT2D eigenvalue weighted by molar-refractivity contribution is 6.28. The van der Waals surface area contributed by atoms with Crippen molar-refractivity contribution in [2.75, 3.05) is 9.80 Å². The Morgan fingerprint density at radius 3 is 0.865 bits per heavy atom. The molecule has 0 atom stereocenters. The number of nitrogens with zero attached hydrogens (tertiary/aromatic N) is 2. The van der Waals surface area contributed by atoms with Crippen LogP contribution in [0.3, 0.4) is 0 Å². The van der Waals surface area contributed by atoms with Gasteiger partial charge in [0, 0.05) is 22.1 Å². The molecule has 0 radical (unpaired) electrons. The number of anilines is 6. The molecule has 0 saturated heterocycles. The van der Waals surface area contributed by atoms with Gasteiger partial charge in [-0.2, -0.15) is 0 Å². The summed E-state index contributed by atoms with van der Waals surface area (Å²) in [5.41, 5.74) is 10.6. The minimum Gasteiger partial charge on any atom is -0.307 e. The van der Waals surface area contributed by atoms with Gasteiger partial charge in [0.05, 0.1) is 22.7 Å². The number of halogens is 6. The van der Waals surface area contributed by atoms with Crippen molar-refractivity contribution in [2.45, 2.75) is 13.8 Å². The Kier molecular flexibility index (Phi) is 11.5. The quantitative estimate of drug-likeness (QED) is 0.0995. The molecule has 0 heterocycles. The second-order valence-corrected chi connectivity index (χ2v) is 18.7. The van der Waals surface area contributed by atoms with Crippen LogP contribution in [0, 0.1) is 48.8 Å². The van der Waals surface area contributed by atoms with E-state index in [2.05, 4.69) is 0 Å². The van der Waals surface area contributed by atoms with Gasteiger partial charge in [-0.1, -0.05) is 97.1 Å². The summed E-state index contributed by atoms with van der Waals surface area (Å²) in [6.07, 6.45) is 0. The predicted molar refractivity (Wildman–Crippen MR) is 290 cm³/mol. The van der Waals surface area contributed by atoms with E-state index in [1.54, 1.807) is 60.7 Å². The average molecular weight is 977 g/mol. The van der Waals surface area contributed by atoms with E-state index in [1.807, 2.05) is 121 Å².